The van der Waals surface area contributed by atoms with Crippen molar-refractivity contribution < 1.29 is 8.78 Å². The molecule has 2 heterocycles. The largest absolute Gasteiger partial charge is 0.348 e. The molecule has 24 heavy (non-hydrogen) atoms. The average Bonchev–Trinajstić information content (AvgIpc) is 3.03. The molecule has 8 heteroatoms. The fourth-order valence-electron chi connectivity index (χ4n) is 2.41. The van der Waals surface area contributed by atoms with Gasteiger partial charge in [0, 0.05) is 32.0 Å². The zero-order chi connectivity index (χ0) is 17.1. The highest BCUT2D eigenvalue weighted by atomic mass is 19.2. The van der Waals surface area contributed by atoms with Crippen molar-refractivity contribution in [2.45, 2.75) is 6.54 Å². The summed E-state index contributed by atoms with van der Waals surface area (Å²) in [4.78, 5) is 8.44. The molecule has 0 saturated carbocycles. The summed E-state index contributed by atoms with van der Waals surface area (Å²) in [6.07, 6.45) is 5.03. The molecule has 0 aliphatic heterocycles. The van der Waals surface area contributed by atoms with Gasteiger partial charge in [0.15, 0.2) is 17.5 Å². The molecule has 0 spiro atoms. The highest BCUT2D eigenvalue weighted by Crippen LogP contribution is 2.19. The molecule has 0 amide bonds. The Labute approximate surface area is 138 Å². The molecule has 3 aromatic rings. The summed E-state index contributed by atoms with van der Waals surface area (Å²) >= 11 is 0. The quantitative estimate of drug-likeness (QED) is 0.691. The van der Waals surface area contributed by atoms with Gasteiger partial charge in [0.2, 0.25) is 5.65 Å². The summed E-state index contributed by atoms with van der Waals surface area (Å²) in [6, 6.07) is 3.92. The van der Waals surface area contributed by atoms with Gasteiger partial charge in [-0.1, -0.05) is 6.07 Å². The lowest BCUT2D eigenvalue weighted by Gasteiger charge is -2.25. The van der Waals surface area contributed by atoms with E-state index in [0.717, 1.165) is 12.6 Å². The van der Waals surface area contributed by atoms with Crippen LogP contribution in [-0.4, -0.2) is 51.7 Å². The number of rotatable bonds is 6. The van der Waals surface area contributed by atoms with Gasteiger partial charge in [-0.05, 0) is 31.8 Å². The van der Waals surface area contributed by atoms with E-state index in [0.29, 0.717) is 30.1 Å². The Morgan fingerprint density at radius 1 is 1.12 bits per heavy atom. The molecule has 0 saturated heterocycles. The van der Waals surface area contributed by atoms with Crippen molar-refractivity contribution in [3.05, 3.63) is 54.1 Å². The zero-order valence-electron chi connectivity index (χ0n) is 13.5. The maximum Gasteiger partial charge on any atom is 0.203 e. The van der Waals surface area contributed by atoms with Gasteiger partial charge >= 0.3 is 0 Å². The van der Waals surface area contributed by atoms with Crippen LogP contribution in [0.4, 0.5) is 14.6 Å². The number of aromatic nitrogens is 4. The predicted molar refractivity (Wildman–Crippen MR) is 86.7 cm³/mol. The molecule has 0 N–H and O–H groups in total. The first kappa shape index (κ1) is 16.3. The van der Waals surface area contributed by atoms with Gasteiger partial charge in [-0.2, -0.15) is 0 Å². The van der Waals surface area contributed by atoms with Crippen LogP contribution in [0.2, 0.25) is 0 Å². The first-order valence-corrected chi connectivity index (χ1v) is 7.52. The molecule has 0 unspecified atom stereocenters. The molecule has 1 aromatic carbocycles. The van der Waals surface area contributed by atoms with Crippen LogP contribution < -0.4 is 4.90 Å². The van der Waals surface area contributed by atoms with E-state index in [2.05, 4.69) is 15.2 Å². The van der Waals surface area contributed by atoms with E-state index in [-0.39, 0.29) is 0 Å². The normalized spacial score (nSPS) is 11.4. The van der Waals surface area contributed by atoms with Gasteiger partial charge in [-0.15, -0.1) is 10.2 Å². The zero-order valence-corrected chi connectivity index (χ0v) is 13.5. The molecule has 6 nitrogen and oxygen atoms in total. The van der Waals surface area contributed by atoms with Crippen molar-refractivity contribution in [2.75, 3.05) is 32.1 Å². The monoisotopic (exact) mass is 332 g/mol. The van der Waals surface area contributed by atoms with Crippen LogP contribution >= 0.6 is 0 Å². The maximum atomic E-state index is 13.5. The van der Waals surface area contributed by atoms with Gasteiger partial charge in [-0.25, -0.2) is 13.8 Å². The molecule has 126 valence electrons. The van der Waals surface area contributed by atoms with Crippen LogP contribution in [0.5, 0.6) is 0 Å². The second kappa shape index (κ2) is 6.88. The minimum Gasteiger partial charge on any atom is -0.348 e. The summed E-state index contributed by atoms with van der Waals surface area (Å²) < 4.78 is 28.4. The smallest absolute Gasteiger partial charge is 0.203 e. The Morgan fingerprint density at radius 3 is 2.71 bits per heavy atom. The number of hydrogen-bond acceptors (Lipinski definition) is 5. The van der Waals surface area contributed by atoms with Gasteiger partial charge in [0.05, 0.1) is 0 Å². The minimum atomic E-state index is -0.853. The Balaban J connectivity index is 1.93. The fourth-order valence-corrected chi connectivity index (χ4v) is 2.41. The summed E-state index contributed by atoms with van der Waals surface area (Å²) in [7, 11) is 3.95. The maximum absolute atomic E-state index is 13.5. The molecule has 0 fully saturated rings. The molecular formula is C16H18F2N6. The summed E-state index contributed by atoms with van der Waals surface area (Å²) in [6.45, 7) is 1.83. The van der Waals surface area contributed by atoms with Crippen molar-refractivity contribution in [3.8, 4) is 0 Å². The topological polar surface area (TPSA) is 49.6 Å². The summed E-state index contributed by atoms with van der Waals surface area (Å²) in [5, 5.41) is 8.00. The minimum absolute atomic E-state index is 0.393. The first-order valence-electron chi connectivity index (χ1n) is 7.52. The number of anilines is 1. The third-order valence-electron chi connectivity index (χ3n) is 3.67. The van der Waals surface area contributed by atoms with Gasteiger partial charge in [0.25, 0.3) is 0 Å². The second-order valence-electron chi connectivity index (χ2n) is 5.79. The molecule has 2 aromatic heterocycles. The van der Waals surface area contributed by atoms with Crippen LogP contribution in [0.1, 0.15) is 5.56 Å². The van der Waals surface area contributed by atoms with Gasteiger partial charge < -0.3 is 9.80 Å². The van der Waals surface area contributed by atoms with E-state index in [1.807, 2.05) is 23.9 Å². The standard InChI is InChI=1S/C16H18F2N6/c1-22(2)7-8-23(10-12-3-4-13(17)14(18)9-12)15-16-21-20-11-24(16)6-5-19-15/h3-6,9,11H,7-8,10H2,1-2H3. The Kier molecular flexibility index (Phi) is 4.66. The van der Waals surface area contributed by atoms with Gasteiger partial charge in [0.1, 0.15) is 6.33 Å². The van der Waals surface area contributed by atoms with Crippen LogP contribution in [0.25, 0.3) is 5.65 Å². The highest BCUT2D eigenvalue weighted by Gasteiger charge is 2.15. The summed E-state index contributed by atoms with van der Waals surface area (Å²) in [5.74, 6) is -1.05. The number of hydrogen-bond donors (Lipinski definition) is 0. The molecular weight excluding hydrogens is 314 g/mol. The Hall–Kier alpha value is -2.61. The van der Waals surface area contributed by atoms with Crippen LogP contribution in [-0.2, 0) is 6.54 Å². The van der Waals surface area contributed by atoms with Crippen molar-refractivity contribution in [1.82, 2.24) is 24.5 Å². The Morgan fingerprint density at radius 2 is 1.96 bits per heavy atom. The molecule has 0 radical (unpaired) electrons. The molecule has 3 rings (SSSR count). The van der Waals surface area contributed by atoms with Crippen LogP contribution in [0.3, 0.4) is 0 Å². The van der Waals surface area contributed by atoms with E-state index < -0.39 is 11.6 Å². The Bertz CT molecular complexity index is 832. The van der Waals surface area contributed by atoms with E-state index in [9.17, 15) is 8.78 Å². The fraction of sp³-hybridized carbons (Fsp3) is 0.312. The summed E-state index contributed by atoms with van der Waals surface area (Å²) in [5.41, 5.74) is 1.29. The second-order valence-corrected chi connectivity index (χ2v) is 5.79. The van der Waals surface area contributed by atoms with E-state index >= 15 is 0 Å². The van der Waals surface area contributed by atoms with Gasteiger partial charge in [-0.3, -0.25) is 4.40 Å². The number of likely N-dealkylation sites (N-methyl/N-ethyl adjacent to an activating group) is 1. The van der Waals surface area contributed by atoms with E-state index in [1.165, 1.54) is 6.07 Å². The first-order chi connectivity index (χ1) is 11.5. The number of nitrogens with zero attached hydrogens (tertiary/aromatic N) is 6. The van der Waals surface area contributed by atoms with Crippen molar-refractivity contribution in [2.24, 2.45) is 0 Å². The third-order valence-corrected chi connectivity index (χ3v) is 3.67. The lowest BCUT2D eigenvalue weighted by molar-refractivity contribution is 0.412. The van der Waals surface area contributed by atoms with Crippen molar-refractivity contribution >= 4 is 11.5 Å². The third kappa shape index (κ3) is 3.48. The van der Waals surface area contributed by atoms with E-state index in [4.69, 9.17) is 0 Å². The SMILES string of the molecule is CN(C)CCN(Cc1ccc(F)c(F)c1)c1nccn2cnnc12. The van der Waals surface area contributed by atoms with Crippen molar-refractivity contribution in [1.29, 1.82) is 0 Å². The lowest BCUT2D eigenvalue weighted by Crippen LogP contribution is -2.32. The number of halogens is 2. The molecule has 0 aliphatic carbocycles. The highest BCUT2D eigenvalue weighted by molar-refractivity contribution is 5.63. The van der Waals surface area contributed by atoms with Crippen molar-refractivity contribution in [3.63, 3.8) is 0 Å². The number of fused-ring (bicyclic) bond motifs is 1. The lowest BCUT2D eigenvalue weighted by atomic mass is 10.2. The average molecular weight is 332 g/mol. The predicted octanol–water partition coefficient (Wildman–Crippen LogP) is 1.97. The molecule has 0 aliphatic rings. The van der Waals surface area contributed by atoms with Crippen LogP contribution in [0, 0.1) is 11.6 Å². The number of benzene rings is 1. The molecule has 0 bridgehead atoms. The molecule has 0 atom stereocenters. The van der Waals surface area contributed by atoms with E-state index in [1.54, 1.807) is 29.2 Å². The van der Waals surface area contributed by atoms with Crippen LogP contribution in [0.15, 0.2) is 36.9 Å².